The Morgan fingerprint density at radius 1 is 0.952 bits per heavy atom. The molecule has 0 unspecified atom stereocenters. The molecule has 2 aliphatic rings. The second-order valence-corrected chi connectivity index (χ2v) is 6.55. The summed E-state index contributed by atoms with van der Waals surface area (Å²) in [5.41, 5.74) is 0. The van der Waals surface area contributed by atoms with Crippen LogP contribution in [0.4, 0.5) is 0 Å². The van der Waals surface area contributed by atoms with E-state index in [0.29, 0.717) is 11.8 Å². The number of carbonyl (C=O) groups excluding carboxylic acids is 2. The quantitative estimate of drug-likeness (QED) is 0.755. The van der Waals surface area contributed by atoms with Gasteiger partial charge in [-0.25, -0.2) is 0 Å². The van der Waals surface area contributed by atoms with Crippen molar-refractivity contribution in [3.63, 3.8) is 0 Å². The Morgan fingerprint density at radius 2 is 1.52 bits per heavy atom. The summed E-state index contributed by atoms with van der Waals surface area (Å²) in [4.78, 5) is 28.8. The lowest BCUT2D eigenvalue weighted by Crippen LogP contribution is -2.47. The molecule has 1 saturated heterocycles. The molecule has 2 rings (SSSR count). The molecule has 1 aliphatic heterocycles. The van der Waals surface area contributed by atoms with E-state index in [1.807, 2.05) is 9.80 Å². The average Bonchev–Trinajstić information content (AvgIpc) is 2.44. The van der Waals surface area contributed by atoms with Gasteiger partial charge in [-0.3, -0.25) is 9.59 Å². The summed E-state index contributed by atoms with van der Waals surface area (Å²) in [6.45, 7) is 7.53. The van der Waals surface area contributed by atoms with Crippen molar-refractivity contribution in [2.24, 2.45) is 11.8 Å². The number of hydrogen-bond acceptors (Lipinski definition) is 2. The zero-order valence-corrected chi connectivity index (χ0v) is 13.6. The Bertz CT molecular complexity index is 352. The van der Waals surface area contributed by atoms with E-state index < -0.39 is 0 Å². The summed E-state index contributed by atoms with van der Waals surface area (Å²) in [5.74, 6) is 1.07. The minimum atomic E-state index is 0.133. The summed E-state index contributed by atoms with van der Waals surface area (Å²) >= 11 is 0. The summed E-state index contributed by atoms with van der Waals surface area (Å²) in [7, 11) is 0. The van der Waals surface area contributed by atoms with Crippen LogP contribution in [-0.2, 0) is 9.59 Å². The smallest absolute Gasteiger partial charge is 0.225 e. The zero-order valence-electron chi connectivity index (χ0n) is 13.6. The molecule has 21 heavy (non-hydrogen) atoms. The lowest BCUT2D eigenvalue weighted by Gasteiger charge is -2.37. The van der Waals surface area contributed by atoms with Crippen LogP contribution in [0.5, 0.6) is 0 Å². The Hall–Kier alpha value is -1.06. The maximum atomic E-state index is 12.6. The molecule has 0 atom stereocenters. The van der Waals surface area contributed by atoms with Crippen molar-refractivity contribution >= 4 is 11.8 Å². The van der Waals surface area contributed by atoms with Gasteiger partial charge in [-0.1, -0.05) is 20.3 Å². The van der Waals surface area contributed by atoms with E-state index in [9.17, 15) is 9.59 Å². The van der Waals surface area contributed by atoms with E-state index in [-0.39, 0.29) is 11.8 Å². The van der Waals surface area contributed by atoms with Crippen molar-refractivity contribution < 1.29 is 9.59 Å². The number of amides is 2. The van der Waals surface area contributed by atoms with E-state index in [1.54, 1.807) is 0 Å². The highest BCUT2D eigenvalue weighted by molar-refractivity contribution is 5.81. The molecule has 1 saturated carbocycles. The molecule has 2 fully saturated rings. The van der Waals surface area contributed by atoms with E-state index in [2.05, 4.69) is 13.8 Å². The number of likely N-dealkylation sites (tertiary alicyclic amines) is 1. The standard InChI is InChI=1S/C17H30N2O2/c1-3-10-18(11-4-2)17(21)15-8-12-19(13-9-15)16(20)14-6-5-7-14/h14-15H,3-13H2,1-2H3. The van der Waals surface area contributed by atoms with Crippen LogP contribution < -0.4 is 0 Å². The fourth-order valence-corrected chi connectivity index (χ4v) is 3.39. The fraction of sp³-hybridized carbons (Fsp3) is 0.882. The molecule has 0 bridgehead atoms. The Labute approximate surface area is 128 Å². The predicted octanol–water partition coefficient (Wildman–Crippen LogP) is 2.67. The maximum Gasteiger partial charge on any atom is 0.225 e. The number of piperidine rings is 1. The molecular formula is C17H30N2O2. The van der Waals surface area contributed by atoms with Crippen LogP contribution in [0.2, 0.25) is 0 Å². The number of carbonyl (C=O) groups is 2. The third-order valence-electron chi connectivity index (χ3n) is 4.91. The van der Waals surface area contributed by atoms with E-state index in [0.717, 1.165) is 64.7 Å². The Balaban J connectivity index is 1.81. The van der Waals surface area contributed by atoms with Gasteiger partial charge in [-0.05, 0) is 38.5 Å². The van der Waals surface area contributed by atoms with Crippen LogP contribution in [0.3, 0.4) is 0 Å². The Morgan fingerprint density at radius 3 is 1.95 bits per heavy atom. The van der Waals surface area contributed by atoms with E-state index in [1.165, 1.54) is 6.42 Å². The number of nitrogens with zero attached hydrogens (tertiary/aromatic N) is 2. The highest BCUT2D eigenvalue weighted by Gasteiger charge is 2.34. The van der Waals surface area contributed by atoms with Gasteiger partial charge in [-0.2, -0.15) is 0 Å². The maximum absolute atomic E-state index is 12.6. The molecule has 4 nitrogen and oxygen atoms in total. The van der Waals surface area contributed by atoms with Gasteiger partial charge in [0.05, 0.1) is 0 Å². The van der Waals surface area contributed by atoms with Gasteiger partial charge in [0.25, 0.3) is 0 Å². The van der Waals surface area contributed by atoms with Crippen molar-refractivity contribution in [3.05, 3.63) is 0 Å². The molecule has 1 aliphatic carbocycles. The largest absolute Gasteiger partial charge is 0.342 e. The van der Waals surface area contributed by atoms with Crippen LogP contribution in [0.1, 0.15) is 58.8 Å². The van der Waals surface area contributed by atoms with E-state index >= 15 is 0 Å². The van der Waals surface area contributed by atoms with Crippen LogP contribution in [-0.4, -0.2) is 47.8 Å². The van der Waals surface area contributed by atoms with Crippen LogP contribution in [0.15, 0.2) is 0 Å². The molecule has 4 heteroatoms. The number of rotatable bonds is 6. The van der Waals surface area contributed by atoms with Gasteiger partial charge in [0.1, 0.15) is 0 Å². The van der Waals surface area contributed by atoms with Gasteiger partial charge < -0.3 is 9.80 Å². The van der Waals surface area contributed by atoms with E-state index in [4.69, 9.17) is 0 Å². The van der Waals surface area contributed by atoms with Gasteiger partial charge in [0, 0.05) is 38.0 Å². The molecule has 0 N–H and O–H groups in total. The summed E-state index contributed by atoms with van der Waals surface area (Å²) in [5, 5.41) is 0. The Kier molecular flexibility index (Phi) is 6.07. The highest BCUT2D eigenvalue weighted by Crippen LogP contribution is 2.30. The molecule has 1 heterocycles. The topological polar surface area (TPSA) is 40.6 Å². The lowest BCUT2D eigenvalue weighted by atomic mass is 9.83. The average molecular weight is 294 g/mol. The van der Waals surface area contributed by atoms with Crippen LogP contribution in [0, 0.1) is 11.8 Å². The second kappa shape index (κ2) is 7.81. The third-order valence-corrected chi connectivity index (χ3v) is 4.91. The number of hydrogen-bond donors (Lipinski definition) is 0. The first-order valence-corrected chi connectivity index (χ1v) is 8.74. The first-order valence-electron chi connectivity index (χ1n) is 8.74. The zero-order chi connectivity index (χ0) is 15.2. The molecule has 120 valence electrons. The van der Waals surface area contributed by atoms with Gasteiger partial charge >= 0.3 is 0 Å². The first-order chi connectivity index (χ1) is 10.2. The summed E-state index contributed by atoms with van der Waals surface area (Å²) in [6.07, 6.45) is 7.07. The van der Waals surface area contributed by atoms with Crippen LogP contribution >= 0.6 is 0 Å². The van der Waals surface area contributed by atoms with Crippen molar-refractivity contribution in [1.82, 2.24) is 9.80 Å². The SMILES string of the molecule is CCCN(CCC)C(=O)C1CCN(C(=O)C2CCC2)CC1. The lowest BCUT2D eigenvalue weighted by molar-refractivity contribution is -0.144. The molecule has 0 aromatic heterocycles. The molecular weight excluding hydrogens is 264 g/mol. The normalized spacial score (nSPS) is 20.2. The van der Waals surface area contributed by atoms with Gasteiger partial charge in [-0.15, -0.1) is 0 Å². The van der Waals surface area contributed by atoms with Crippen molar-refractivity contribution in [1.29, 1.82) is 0 Å². The van der Waals surface area contributed by atoms with Gasteiger partial charge in [0.2, 0.25) is 11.8 Å². The monoisotopic (exact) mass is 294 g/mol. The predicted molar refractivity (Wildman–Crippen MR) is 83.8 cm³/mol. The summed E-state index contributed by atoms with van der Waals surface area (Å²) < 4.78 is 0. The van der Waals surface area contributed by atoms with Crippen molar-refractivity contribution in [3.8, 4) is 0 Å². The molecule has 0 aromatic rings. The minimum absolute atomic E-state index is 0.133. The van der Waals surface area contributed by atoms with Crippen LogP contribution in [0.25, 0.3) is 0 Å². The van der Waals surface area contributed by atoms with Crippen molar-refractivity contribution in [2.45, 2.75) is 58.8 Å². The minimum Gasteiger partial charge on any atom is -0.342 e. The fourth-order valence-electron chi connectivity index (χ4n) is 3.39. The summed E-state index contributed by atoms with van der Waals surface area (Å²) in [6, 6.07) is 0. The third kappa shape index (κ3) is 3.98. The molecule has 0 radical (unpaired) electrons. The molecule has 0 aromatic carbocycles. The highest BCUT2D eigenvalue weighted by atomic mass is 16.2. The first kappa shape index (κ1) is 16.3. The molecule has 2 amide bonds. The second-order valence-electron chi connectivity index (χ2n) is 6.55. The molecule has 0 spiro atoms. The van der Waals surface area contributed by atoms with Crippen molar-refractivity contribution in [2.75, 3.05) is 26.2 Å². The van der Waals surface area contributed by atoms with Gasteiger partial charge in [0.15, 0.2) is 0 Å².